The number of benzene rings is 2. The van der Waals surface area contributed by atoms with Crippen molar-refractivity contribution in [2.24, 2.45) is 0 Å². The van der Waals surface area contributed by atoms with Crippen LogP contribution in [0.1, 0.15) is 50.2 Å². The minimum Gasteiger partial charge on any atom is -0.495 e. The van der Waals surface area contributed by atoms with E-state index in [-0.39, 0.29) is 24.2 Å². The smallest absolute Gasteiger partial charge is 0.244 e. The van der Waals surface area contributed by atoms with Crippen molar-refractivity contribution in [3.05, 3.63) is 59.4 Å². The molecule has 1 fully saturated rings. The summed E-state index contributed by atoms with van der Waals surface area (Å²) in [6, 6.07) is 9.88. The fourth-order valence-electron chi connectivity index (χ4n) is 4.53. The highest BCUT2D eigenvalue weighted by Gasteiger charge is 2.32. The van der Waals surface area contributed by atoms with Gasteiger partial charge in [0.1, 0.15) is 24.2 Å². The van der Waals surface area contributed by atoms with E-state index in [0.29, 0.717) is 11.3 Å². The third-order valence-corrected chi connectivity index (χ3v) is 7.79. The number of carbonyl (C=O) groups is 2. The topological polar surface area (TPSA) is 96.0 Å². The van der Waals surface area contributed by atoms with Gasteiger partial charge in [0.05, 0.1) is 19.1 Å². The Kier molecular flexibility index (Phi) is 9.53. The second-order valence-electron chi connectivity index (χ2n) is 9.61. The molecule has 2 aromatic carbocycles. The SMILES string of the molecule is COc1ccc(C)cc1N(CC(=O)N(Cc1ccc(F)cc1)C(C)C(=O)NC1CCCCC1)S(C)(=O)=O. The molecule has 1 saturated carbocycles. The van der Waals surface area contributed by atoms with Crippen LogP contribution in [0.4, 0.5) is 10.1 Å². The lowest BCUT2D eigenvalue weighted by Crippen LogP contribution is -2.53. The summed E-state index contributed by atoms with van der Waals surface area (Å²) in [5, 5.41) is 3.05. The van der Waals surface area contributed by atoms with E-state index in [1.807, 2.05) is 6.92 Å². The average molecular weight is 534 g/mol. The van der Waals surface area contributed by atoms with Gasteiger partial charge in [-0.25, -0.2) is 12.8 Å². The molecule has 1 unspecified atom stereocenters. The number of halogens is 1. The molecule has 0 aliphatic heterocycles. The summed E-state index contributed by atoms with van der Waals surface area (Å²) in [6.07, 6.45) is 6.02. The first kappa shape index (κ1) is 28.4. The van der Waals surface area contributed by atoms with E-state index >= 15 is 0 Å². The molecular weight excluding hydrogens is 497 g/mol. The Morgan fingerprint density at radius 3 is 2.35 bits per heavy atom. The molecule has 10 heteroatoms. The Labute approximate surface area is 218 Å². The molecule has 0 radical (unpaired) electrons. The summed E-state index contributed by atoms with van der Waals surface area (Å²) in [5.41, 5.74) is 1.64. The number of hydrogen-bond acceptors (Lipinski definition) is 5. The maximum Gasteiger partial charge on any atom is 0.244 e. The zero-order valence-corrected chi connectivity index (χ0v) is 22.7. The number of nitrogens with one attached hydrogen (secondary N) is 1. The van der Waals surface area contributed by atoms with E-state index in [1.54, 1.807) is 37.3 Å². The Balaban J connectivity index is 1.91. The van der Waals surface area contributed by atoms with Gasteiger partial charge >= 0.3 is 0 Å². The standard InChI is InChI=1S/C27H36FN3O5S/c1-19-10-15-25(36-3)24(16-19)31(37(4,34)35)18-26(32)30(17-21-11-13-22(28)14-12-21)20(2)27(33)29-23-8-6-5-7-9-23/h10-16,20,23H,5-9,17-18H2,1-4H3,(H,29,33). The van der Waals surface area contributed by atoms with Crippen LogP contribution < -0.4 is 14.4 Å². The maximum atomic E-state index is 13.7. The largest absolute Gasteiger partial charge is 0.495 e. The van der Waals surface area contributed by atoms with Crippen molar-refractivity contribution >= 4 is 27.5 Å². The van der Waals surface area contributed by atoms with Gasteiger partial charge < -0.3 is 15.0 Å². The molecule has 0 heterocycles. The predicted molar refractivity (Wildman–Crippen MR) is 141 cm³/mol. The summed E-state index contributed by atoms with van der Waals surface area (Å²) in [4.78, 5) is 28.2. The molecule has 1 atom stereocenters. The fourth-order valence-corrected chi connectivity index (χ4v) is 5.37. The second-order valence-corrected chi connectivity index (χ2v) is 11.5. The summed E-state index contributed by atoms with van der Waals surface area (Å²) in [7, 11) is -2.46. The van der Waals surface area contributed by atoms with Crippen molar-refractivity contribution in [2.45, 2.75) is 64.6 Å². The van der Waals surface area contributed by atoms with Crippen molar-refractivity contribution in [1.29, 1.82) is 0 Å². The van der Waals surface area contributed by atoms with Crippen LogP contribution in [0.2, 0.25) is 0 Å². The van der Waals surface area contributed by atoms with Gasteiger partial charge in [0, 0.05) is 12.6 Å². The van der Waals surface area contributed by atoms with Crippen LogP contribution in [0.5, 0.6) is 5.75 Å². The van der Waals surface area contributed by atoms with Gasteiger partial charge in [-0.3, -0.25) is 13.9 Å². The number of carbonyl (C=O) groups excluding carboxylic acids is 2. The predicted octanol–water partition coefficient (Wildman–Crippen LogP) is 3.77. The number of aryl methyl sites for hydroxylation is 1. The summed E-state index contributed by atoms with van der Waals surface area (Å²) in [5.74, 6) is -0.984. The third-order valence-electron chi connectivity index (χ3n) is 6.67. The van der Waals surface area contributed by atoms with Crippen molar-refractivity contribution in [2.75, 3.05) is 24.2 Å². The highest BCUT2D eigenvalue weighted by atomic mass is 32.2. The monoisotopic (exact) mass is 533 g/mol. The molecule has 2 aromatic rings. The summed E-state index contributed by atoms with van der Waals surface area (Å²) < 4.78 is 45.5. The minimum atomic E-state index is -3.89. The van der Waals surface area contributed by atoms with Crippen molar-refractivity contribution in [1.82, 2.24) is 10.2 Å². The van der Waals surface area contributed by atoms with Crippen molar-refractivity contribution in [3.8, 4) is 5.75 Å². The van der Waals surface area contributed by atoms with Crippen LogP contribution in [0.3, 0.4) is 0 Å². The molecule has 0 bridgehead atoms. The summed E-state index contributed by atoms with van der Waals surface area (Å²) in [6.45, 7) is 2.92. The van der Waals surface area contributed by atoms with Gasteiger partial charge in [-0.15, -0.1) is 0 Å². The Morgan fingerprint density at radius 2 is 1.76 bits per heavy atom. The minimum absolute atomic E-state index is 0.0148. The first-order valence-electron chi connectivity index (χ1n) is 12.5. The number of sulfonamides is 1. The van der Waals surface area contributed by atoms with E-state index < -0.39 is 34.3 Å². The number of ether oxygens (including phenoxy) is 1. The molecular formula is C27H36FN3O5S. The van der Waals surface area contributed by atoms with Crippen LogP contribution in [0.25, 0.3) is 0 Å². The first-order chi connectivity index (χ1) is 17.5. The van der Waals surface area contributed by atoms with Crippen LogP contribution >= 0.6 is 0 Å². The highest BCUT2D eigenvalue weighted by molar-refractivity contribution is 7.92. The molecule has 1 aliphatic carbocycles. The molecule has 37 heavy (non-hydrogen) atoms. The average Bonchev–Trinajstić information content (AvgIpc) is 2.86. The molecule has 3 rings (SSSR count). The summed E-state index contributed by atoms with van der Waals surface area (Å²) >= 11 is 0. The van der Waals surface area contributed by atoms with Crippen LogP contribution in [0, 0.1) is 12.7 Å². The number of rotatable bonds is 10. The van der Waals surface area contributed by atoms with Crippen LogP contribution in [0.15, 0.2) is 42.5 Å². The van der Waals surface area contributed by atoms with Crippen LogP contribution in [-0.2, 0) is 26.2 Å². The lowest BCUT2D eigenvalue weighted by molar-refractivity contribution is -0.139. The lowest BCUT2D eigenvalue weighted by atomic mass is 9.95. The zero-order chi connectivity index (χ0) is 27.2. The van der Waals surface area contributed by atoms with Gasteiger partial charge in [-0.05, 0) is 62.1 Å². The zero-order valence-electron chi connectivity index (χ0n) is 21.9. The molecule has 8 nitrogen and oxygen atoms in total. The number of anilines is 1. The third kappa shape index (κ3) is 7.67. The molecule has 1 aliphatic rings. The van der Waals surface area contributed by atoms with Crippen molar-refractivity contribution < 1.29 is 27.1 Å². The normalized spacial score (nSPS) is 15.1. The number of methoxy groups -OCH3 is 1. The quantitative estimate of drug-likeness (QED) is 0.502. The second kappa shape index (κ2) is 12.4. The molecule has 1 N–H and O–H groups in total. The fraction of sp³-hybridized carbons (Fsp3) is 0.481. The Hall–Kier alpha value is -3.14. The maximum absolute atomic E-state index is 13.7. The molecule has 0 saturated heterocycles. The van der Waals surface area contributed by atoms with Gasteiger partial charge in [0.2, 0.25) is 21.8 Å². The van der Waals surface area contributed by atoms with Crippen molar-refractivity contribution in [3.63, 3.8) is 0 Å². The van der Waals surface area contributed by atoms with Gasteiger partial charge in [0.15, 0.2) is 0 Å². The van der Waals surface area contributed by atoms with Gasteiger partial charge in [-0.1, -0.05) is 37.5 Å². The van der Waals surface area contributed by atoms with E-state index in [2.05, 4.69) is 5.32 Å². The van der Waals surface area contributed by atoms with Gasteiger partial charge in [0.25, 0.3) is 0 Å². The van der Waals surface area contributed by atoms with E-state index in [0.717, 1.165) is 48.2 Å². The molecule has 0 spiro atoms. The molecule has 2 amide bonds. The van der Waals surface area contributed by atoms with Crippen LogP contribution in [-0.4, -0.2) is 57.1 Å². The number of amides is 2. The lowest BCUT2D eigenvalue weighted by Gasteiger charge is -2.33. The first-order valence-corrected chi connectivity index (χ1v) is 14.3. The molecule has 0 aromatic heterocycles. The van der Waals surface area contributed by atoms with E-state index in [9.17, 15) is 22.4 Å². The highest BCUT2D eigenvalue weighted by Crippen LogP contribution is 2.31. The number of hydrogen-bond donors (Lipinski definition) is 1. The Morgan fingerprint density at radius 1 is 1.11 bits per heavy atom. The Bertz CT molecular complexity index is 1200. The van der Waals surface area contributed by atoms with E-state index in [1.165, 1.54) is 24.1 Å². The number of nitrogens with zero attached hydrogens (tertiary/aromatic N) is 2. The molecule has 202 valence electrons. The van der Waals surface area contributed by atoms with E-state index in [4.69, 9.17) is 4.74 Å². The van der Waals surface area contributed by atoms with Gasteiger partial charge in [-0.2, -0.15) is 0 Å².